The monoisotopic (exact) mass is 568 g/mol. The summed E-state index contributed by atoms with van der Waals surface area (Å²) >= 11 is 0. The molecule has 3 heterocycles. The van der Waals surface area contributed by atoms with Gasteiger partial charge in [-0.2, -0.15) is 4.98 Å². The molecule has 4 N–H and O–H groups in total. The third kappa shape index (κ3) is 4.73. The Bertz CT molecular complexity index is 1670. The number of hydrogen-bond donors (Lipinski definition) is 4. The van der Waals surface area contributed by atoms with Gasteiger partial charge < -0.3 is 20.3 Å². The van der Waals surface area contributed by atoms with Gasteiger partial charge in [0.2, 0.25) is 17.6 Å². The first-order valence-electron chi connectivity index (χ1n) is 15.0. The molecule has 3 aliphatic rings. The van der Waals surface area contributed by atoms with Gasteiger partial charge in [-0.15, -0.1) is 12.3 Å². The molecule has 11 nitrogen and oxygen atoms in total. The molecule has 1 spiro atoms. The van der Waals surface area contributed by atoms with Crippen LogP contribution in [0.4, 0.5) is 11.8 Å². The van der Waals surface area contributed by atoms with Crippen LogP contribution in [0.1, 0.15) is 75.9 Å². The Morgan fingerprint density at radius 1 is 1.17 bits per heavy atom. The molecule has 11 heteroatoms. The van der Waals surface area contributed by atoms with Crippen LogP contribution < -0.4 is 16.4 Å². The predicted octanol–water partition coefficient (Wildman–Crippen LogP) is 4.67. The molecule has 3 atom stereocenters. The van der Waals surface area contributed by atoms with Crippen molar-refractivity contribution in [1.82, 2.24) is 29.7 Å². The number of terminal acetylenes is 1. The number of anilines is 2. The van der Waals surface area contributed by atoms with Crippen molar-refractivity contribution in [3.63, 3.8) is 0 Å². The van der Waals surface area contributed by atoms with E-state index in [0.29, 0.717) is 29.2 Å². The molecular weight excluding hydrogens is 532 g/mol. The van der Waals surface area contributed by atoms with Gasteiger partial charge in [-0.1, -0.05) is 41.9 Å². The van der Waals surface area contributed by atoms with Crippen molar-refractivity contribution >= 4 is 22.9 Å². The number of hydrogen-bond acceptors (Lipinski definition) is 9. The summed E-state index contributed by atoms with van der Waals surface area (Å²) in [7, 11) is 0. The summed E-state index contributed by atoms with van der Waals surface area (Å²) in [4.78, 5) is 29.0. The van der Waals surface area contributed by atoms with E-state index in [0.717, 1.165) is 43.2 Å². The third-order valence-corrected chi connectivity index (χ3v) is 9.78. The SMILES string of the molecule is C#CC1CCC2(CC1)CC2n1c(NC(CO)c2ccccc2)nc2nc(-c3noc(=O)[nH]3)nc(N[C@H](C)C3CCC3)c21. The Balaban J connectivity index is 1.36. The lowest BCUT2D eigenvalue weighted by Crippen LogP contribution is -2.31. The number of nitrogens with zero attached hydrogens (tertiary/aromatic N) is 5. The average molecular weight is 569 g/mol. The number of imidazole rings is 1. The maximum Gasteiger partial charge on any atom is 0.439 e. The minimum absolute atomic E-state index is 0.103. The zero-order valence-electron chi connectivity index (χ0n) is 23.7. The lowest BCUT2D eigenvalue weighted by atomic mass is 9.79. The van der Waals surface area contributed by atoms with Crippen molar-refractivity contribution in [3.8, 4) is 24.0 Å². The number of aromatic nitrogens is 6. The highest BCUT2D eigenvalue weighted by Crippen LogP contribution is 2.66. The molecule has 0 aliphatic heterocycles. The molecule has 2 unspecified atom stereocenters. The summed E-state index contributed by atoms with van der Waals surface area (Å²) in [6, 6.07) is 9.89. The Labute approximate surface area is 243 Å². The average Bonchev–Trinajstić information content (AvgIpc) is 3.27. The van der Waals surface area contributed by atoms with Gasteiger partial charge in [-0.3, -0.25) is 9.51 Å². The van der Waals surface area contributed by atoms with Crippen molar-refractivity contribution in [3.05, 3.63) is 46.4 Å². The number of H-pyrrole nitrogens is 1. The minimum atomic E-state index is -0.671. The summed E-state index contributed by atoms with van der Waals surface area (Å²) in [6.45, 7) is 2.08. The topological polar surface area (TPSA) is 147 Å². The molecule has 0 amide bonds. The fourth-order valence-electron chi connectivity index (χ4n) is 6.88. The van der Waals surface area contributed by atoms with Crippen LogP contribution in [0, 0.1) is 29.6 Å². The fourth-order valence-corrected chi connectivity index (χ4v) is 6.88. The zero-order valence-corrected chi connectivity index (χ0v) is 23.7. The second-order valence-corrected chi connectivity index (χ2v) is 12.3. The molecule has 0 radical (unpaired) electrons. The first-order valence-corrected chi connectivity index (χ1v) is 15.0. The molecule has 218 valence electrons. The van der Waals surface area contributed by atoms with Crippen molar-refractivity contribution < 1.29 is 9.63 Å². The normalized spacial score (nSPS) is 25.1. The Morgan fingerprint density at radius 3 is 2.60 bits per heavy atom. The third-order valence-electron chi connectivity index (χ3n) is 9.78. The lowest BCUT2D eigenvalue weighted by molar-refractivity contribution is 0.271. The first-order chi connectivity index (χ1) is 20.5. The largest absolute Gasteiger partial charge is 0.439 e. The van der Waals surface area contributed by atoms with Crippen LogP contribution in [0.3, 0.4) is 0 Å². The van der Waals surface area contributed by atoms with E-state index >= 15 is 0 Å². The maximum atomic E-state index is 11.8. The molecular formula is C31H36N8O3. The van der Waals surface area contributed by atoms with Gasteiger partial charge in [0.1, 0.15) is 5.52 Å². The number of benzene rings is 1. The van der Waals surface area contributed by atoms with Gasteiger partial charge in [0.15, 0.2) is 11.5 Å². The number of aliphatic hydroxyl groups is 1. The molecule has 0 saturated heterocycles. The number of aromatic amines is 1. The van der Waals surface area contributed by atoms with Crippen LogP contribution in [-0.2, 0) is 0 Å². The zero-order chi connectivity index (χ0) is 28.8. The van der Waals surface area contributed by atoms with Crippen LogP contribution in [-0.4, -0.2) is 47.4 Å². The number of aliphatic hydroxyl groups excluding tert-OH is 1. The van der Waals surface area contributed by atoms with Crippen LogP contribution >= 0.6 is 0 Å². The van der Waals surface area contributed by atoms with Gasteiger partial charge in [0.25, 0.3) is 0 Å². The van der Waals surface area contributed by atoms with Crippen molar-refractivity contribution in [2.45, 2.75) is 76.4 Å². The van der Waals surface area contributed by atoms with Gasteiger partial charge in [0, 0.05) is 18.0 Å². The van der Waals surface area contributed by atoms with Gasteiger partial charge in [-0.25, -0.2) is 14.8 Å². The van der Waals surface area contributed by atoms with Crippen LogP contribution in [0.25, 0.3) is 22.8 Å². The van der Waals surface area contributed by atoms with E-state index < -0.39 is 5.76 Å². The Hall–Kier alpha value is -4.17. The minimum Gasteiger partial charge on any atom is -0.394 e. The van der Waals surface area contributed by atoms with E-state index in [9.17, 15) is 9.90 Å². The Morgan fingerprint density at radius 2 is 1.95 bits per heavy atom. The fraction of sp³-hybridized carbons (Fsp3) is 0.516. The number of rotatable bonds is 9. The van der Waals surface area contributed by atoms with E-state index in [4.69, 9.17) is 25.9 Å². The van der Waals surface area contributed by atoms with Crippen molar-refractivity contribution in [1.29, 1.82) is 0 Å². The van der Waals surface area contributed by atoms with E-state index in [1.165, 1.54) is 19.3 Å². The summed E-state index contributed by atoms with van der Waals surface area (Å²) in [5.74, 6) is 4.85. The van der Waals surface area contributed by atoms with E-state index in [2.05, 4.69) is 38.2 Å². The highest BCUT2D eigenvalue weighted by molar-refractivity contribution is 5.88. The molecule has 7 rings (SSSR count). The lowest BCUT2D eigenvalue weighted by Gasteiger charge is -2.32. The first kappa shape index (κ1) is 26.7. The smallest absolute Gasteiger partial charge is 0.394 e. The second kappa shape index (κ2) is 10.6. The van der Waals surface area contributed by atoms with Gasteiger partial charge in [0.05, 0.1) is 12.6 Å². The molecule has 0 bridgehead atoms. The van der Waals surface area contributed by atoms with E-state index in [1.807, 2.05) is 30.3 Å². The highest BCUT2D eigenvalue weighted by atomic mass is 16.5. The number of fused-ring (bicyclic) bond motifs is 1. The second-order valence-electron chi connectivity index (χ2n) is 12.3. The molecule has 1 aromatic carbocycles. The summed E-state index contributed by atoms with van der Waals surface area (Å²) < 4.78 is 7.01. The Kier molecular flexibility index (Phi) is 6.73. The summed E-state index contributed by atoms with van der Waals surface area (Å²) in [6.07, 6.45) is 14.6. The highest BCUT2D eigenvalue weighted by Gasteiger charge is 2.57. The van der Waals surface area contributed by atoms with Gasteiger partial charge in [-0.05, 0) is 68.8 Å². The summed E-state index contributed by atoms with van der Waals surface area (Å²) in [5, 5.41) is 21.5. The predicted molar refractivity (Wildman–Crippen MR) is 159 cm³/mol. The number of nitrogens with one attached hydrogen (secondary N) is 3. The van der Waals surface area contributed by atoms with Crippen LogP contribution in [0.15, 0.2) is 39.6 Å². The summed E-state index contributed by atoms with van der Waals surface area (Å²) in [5.41, 5.74) is 2.40. The molecule has 3 fully saturated rings. The standard InChI is InChI=1S/C31H36N8O3/c1-3-19-12-14-31(15-13-19)16-23(31)39-24-25(32-18(2)20-10-7-11-20)34-27(28-37-30(41)42-38-28)35-26(24)36-29(39)33-22(17-40)21-8-5-4-6-9-21/h1,4-6,8-9,18-20,22-23,40H,7,10-17H2,2H3,(H,37,38,41)(H2,32,33,34,35,36)/t18-,19?,22?,23?,31?/m1/s1. The van der Waals surface area contributed by atoms with Gasteiger partial charge >= 0.3 is 5.76 Å². The maximum absolute atomic E-state index is 11.8. The quantitative estimate of drug-likeness (QED) is 0.212. The molecule has 3 saturated carbocycles. The van der Waals surface area contributed by atoms with Crippen molar-refractivity contribution in [2.24, 2.45) is 17.3 Å². The molecule has 42 heavy (non-hydrogen) atoms. The van der Waals surface area contributed by atoms with Crippen LogP contribution in [0.2, 0.25) is 0 Å². The molecule has 3 aliphatic carbocycles. The van der Waals surface area contributed by atoms with E-state index in [1.54, 1.807) is 0 Å². The van der Waals surface area contributed by atoms with Crippen LogP contribution in [0.5, 0.6) is 0 Å². The molecule has 4 aromatic rings. The van der Waals surface area contributed by atoms with Crippen molar-refractivity contribution in [2.75, 3.05) is 17.2 Å². The van der Waals surface area contributed by atoms with E-state index in [-0.39, 0.29) is 41.8 Å². The molecule has 3 aromatic heterocycles.